The number of β-amino-alcohol motifs (C(OH)–C–C–N with tert-alkyl or cyclic N) is 1. The summed E-state index contributed by atoms with van der Waals surface area (Å²) in [5.74, 6) is 1.67. The van der Waals surface area contributed by atoms with Crippen LogP contribution in [-0.4, -0.2) is 165 Å². The van der Waals surface area contributed by atoms with Crippen LogP contribution >= 0.6 is 11.3 Å². The van der Waals surface area contributed by atoms with Crippen molar-refractivity contribution in [3.8, 4) is 33.3 Å². The number of aromatic hydroxyl groups is 1. The summed E-state index contributed by atoms with van der Waals surface area (Å²) < 4.78 is 25.6. The number of phenolic OH excluding ortho intramolecular Hbond substituents is 1. The van der Waals surface area contributed by atoms with Gasteiger partial charge in [0.05, 0.1) is 64.0 Å². The number of amides is 2. The summed E-state index contributed by atoms with van der Waals surface area (Å²) in [4.78, 5) is 49.4. The number of anilines is 4. The summed E-state index contributed by atoms with van der Waals surface area (Å²) >= 11 is 1.60. The summed E-state index contributed by atoms with van der Waals surface area (Å²) in [6, 6.07) is 22.1. The zero-order valence-electron chi connectivity index (χ0n) is 48.7. The van der Waals surface area contributed by atoms with E-state index in [-0.39, 0.29) is 66.4 Å². The number of para-hydroxylation sites is 1. The van der Waals surface area contributed by atoms with Crippen molar-refractivity contribution in [2.24, 2.45) is 11.8 Å². The quantitative estimate of drug-likeness (QED) is 0.0677. The Morgan fingerprint density at radius 3 is 2.37 bits per heavy atom. The normalized spacial score (nSPS) is 23.2. The van der Waals surface area contributed by atoms with Crippen LogP contribution in [0.2, 0.25) is 0 Å². The number of aliphatic hydroxyl groups excluding tert-OH is 1. The van der Waals surface area contributed by atoms with Crippen molar-refractivity contribution in [1.82, 2.24) is 40.4 Å². The van der Waals surface area contributed by atoms with Crippen molar-refractivity contribution in [2.75, 3.05) is 92.5 Å². The van der Waals surface area contributed by atoms with Gasteiger partial charge in [0.2, 0.25) is 17.7 Å². The van der Waals surface area contributed by atoms with E-state index in [1.54, 1.807) is 23.5 Å². The molecule has 20 nitrogen and oxygen atoms in total. The van der Waals surface area contributed by atoms with Gasteiger partial charge in [0.1, 0.15) is 23.8 Å². The van der Waals surface area contributed by atoms with Crippen molar-refractivity contribution in [3.63, 3.8) is 0 Å². The Hall–Kier alpha value is -6.91. The number of aliphatic hydroxyl groups is 1. The lowest BCUT2D eigenvalue weighted by Gasteiger charge is -2.48. The third-order valence-corrected chi connectivity index (χ3v) is 19.4. The number of aryl methyl sites for hydroxylation is 1. The first-order chi connectivity index (χ1) is 40.7. The van der Waals surface area contributed by atoms with E-state index in [0.29, 0.717) is 41.2 Å². The van der Waals surface area contributed by atoms with E-state index in [1.807, 2.05) is 87.9 Å². The number of hydrogen-bond donors (Lipinski definition) is 4. The van der Waals surface area contributed by atoms with Gasteiger partial charge in [-0.25, -0.2) is 9.97 Å². The number of nitrogen functional groups attached to an aromatic ring is 1. The highest BCUT2D eigenvalue weighted by Gasteiger charge is 2.45. The number of aromatic nitrogens is 5. The molecular weight excluding hydrogens is 1080 g/mol. The highest BCUT2D eigenvalue weighted by atomic mass is 32.1. The fourth-order valence-electron chi connectivity index (χ4n) is 13.4. The number of benzene rings is 2. The number of nitrogens with one attached hydrogen (secondary N) is 1. The van der Waals surface area contributed by atoms with Crippen molar-refractivity contribution in [3.05, 3.63) is 102 Å². The van der Waals surface area contributed by atoms with E-state index < -0.39 is 18.1 Å². The molecule has 12 rings (SSSR count). The molecule has 446 valence electrons. The molecule has 4 atom stereocenters. The molecule has 6 aromatic rings. The molecule has 1 spiro atoms. The van der Waals surface area contributed by atoms with E-state index in [0.717, 1.165) is 149 Å². The second kappa shape index (κ2) is 25.0. The van der Waals surface area contributed by atoms with Crippen molar-refractivity contribution in [1.29, 1.82) is 0 Å². The molecule has 1 aliphatic carbocycles. The molecule has 6 fully saturated rings. The lowest BCUT2D eigenvalue weighted by molar-refractivity contribution is -0.141. The largest absolute Gasteiger partial charge is 0.507 e. The van der Waals surface area contributed by atoms with Crippen LogP contribution in [0.5, 0.6) is 11.6 Å². The Labute approximate surface area is 495 Å². The maximum Gasteiger partial charge on any atom is 0.243 e. The van der Waals surface area contributed by atoms with Gasteiger partial charge in [-0.3, -0.25) is 9.59 Å². The smallest absolute Gasteiger partial charge is 0.243 e. The summed E-state index contributed by atoms with van der Waals surface area (Å²) in [6.45, 7) is 16.5. The number of ether oxygens (including phenoxy) is 3. The summed E-state index contributed by atoms with van der Waals surface area (Å²) in [7, 11) is 0. The Balaban J connectivity index is 0.554. The number of nitrogens with two attached hydrogens (primary N) is 1. The van der Waals surface area contributed by atoms with E-state index in [9.17, 15) is 19.8 Å². The minimum absolute atomic E-state index is 0.0795. The molecule has 6 aliphatic rings. The van der Waals surface area contributed by atoms with Gasteiger partial charge >= 0.3 is 0 Å². The molecule has 4 aromatic heterocycles. The SMILES string of the molecule is Cc1ncsc1-c1ccc([C@H](C)NC(=O)[C@@H]2C[C@@H](O)CN2C(=O)[C@@H](c2cc(N3CCC(CN4CCC(OC5CC(Oc6cc(N7CCOC8(CCN(c9cc(-c%10ccccc%10O)nnc9N)CC8)C7)ccn6)C5)CC4)CC3)no2)C(C)C)cc1. The standard InChI is InChI=1S/C63H80N12O8S/c1-39(2)58(62(79)75-36-46(76)30-53(75)61(78)67-40(3)43-9-11-44(12-10-43)59-41(4)66-38-84-59)55-34-56(70-83-55)73-23-14-42(15-24-73)35-71-21-16-47(17-22-71)81-48-31-49(32-48)82-57-29-45(13-20-65-57)74-27-28-80-63(37-74)18-25-72(26-19-63)52-33-51(68-69-60(52)64)50-7-5-6-8-54(50)77/h5-13,20,29,33-34,38-40,42,46-49,53,58,76-77H,14-19,21-28,30-32,35-37H2,1-4H3,(H2,64,69)(H,67,78)/t40-,46+,48?,49?,53-,58+/m0/s1. The van der Waals surface area contributed by atoms with Crippen LogP contribution in [0.4, 0.5) is 23.0 Å². The fraction of sp³-hybridized carbons (Fsp3) is 0.540. The van der Waals surface area contributed by atoms with Gasteiger partial charge in [-0.2, -0.15) is 0 Å². The van der Waals surface area contributed by atoms with Crippen LogP contribution in [0, 0.1) is 18.8 Å². The zero-order chi connectivity index (χ0) is 58.1. The van der Waals surface area contributed by atoms with Gasteiger partial charge < -0.3 is 64.5 Å². The molecule has 1 saturated carbocycles. The van der Waals surface area contributed by atoms with Crippen LogP contribution in [0.1, 0.15) is 108 Å². The van der Waals surface area contributed by atoms with Gasteiger partial charge in [0, 0.05) is 114 Å². The van der Waals surface area contributed by atoms with Gasteiger partial charge in [-0.1, -0.05) is 55.4 Å². The Kier molecular flexibility index (Phi) is 17.1. The number of carbonyl (C=O) groups is 2. The van der Waals surface area contributed by atoms with Crippen molar-refractivity contribution in [2.45, 2.75) is 134 Å². The molecular formula is C63H80N12O8S. The number of nitrogens with zero attached hydrogens (tertiary/aromatic N) is 10. The number of thiazole rings is 1. The van der Waals surface area contributed by atoms with Crippen LogP contribution < -0.4 is 30.5 Å². The highest BCUT2D eigenvalue weighted by molar-refractivity contribution is 7.13. The van der Waals surface area contributed by atoms with Crippen LogP contribution in [-0.2, 0) is 19.1 Å². The first-order valence-corrected chi connectivity index (χ1v) is 31.2. The molecule has 5 saturated heterocycles. The lowest BCUT2D eigenvalue weighted by atomic mass is 9.89. The predicted octanol–water partition coefficient (Wildman–Crippen LogP) is 8.01. The molecule has 0 radical (unpaired) electrons. The average molecular weight is 1170 g/mol. The van der Waals surface area contributed by atoms with E-state index in [1.165, 1.54) is 4.90 Å². The number of likely N-dealkylation sites (tertiary alicyclic amines) is 2. The second-order valence-corrected chi connectivity index (χ2v) is 25.4. The van der Waals surface area contributed by atoms with Crippen LogP contribution in [0.3, 0.4) is 0 Å². The molecule has 84 heavy (non-hydrogen) atoms. The predicted molar refractivity (Wildman–Crippen MR) is 322 cm³/mol. The topological polar surface area (TPSA) is 234 Å². The number of carbonyl (C=O) groups excluding carboxylic acids is 2. The van der Waals surface area contributed by atoms with Gasteiger partial charge in [-0.15, -0.1) is 21.5 Å². The van der Waals surface area contributed by atoms with E-state index in [4.69, 9.17) is 24.5 Å². The van der Waals surface area contributed by atoms with Crippen LogP contribution in [0.25, 0.3) is 21.7 Å². The Morgan fingerprint density at radius 1 is 0.857 bits per heavy atom. The third-order valence-electron chi connectivity index (χ3n) is 18.4. The second-order valence-electron chi connectivity index (χ2n) is 24.5. The lowest BCUT2D eigenvalue weighted by Crippen LogP contribution is -2.57. The maximum atomic E-state index is 14.4. The average Bonchev–Trinajstić information content (AvgIpc) is 4.35. The minimum Gasteiger partial charge on any atom is -0.507 e. The maximum absolute atomic E-state index is 14.4. The molecule has 0 bridgehead atoms. The van der Waals surface area contributed by atoms with Crippen molar-refractivity contribution >= 4 is 46.2 Å². The molecule has 5 N–H and O–H groups in total. The zero-order valence-corrected chi connectivity index (χ0v) is 49.5. The fourth-order valence-corrected chi connectivity index (χ4v) is 14.3. The minimum atomic E-state index is -0.804. The van der Waals surface area contributed by atoms with Gasteiger partial charge in [-0.05, 0) is 99.6 Å². The highest BCUT2D eigenvalue weighted by Crippen LogP contribution is 2.40. The van der Waals surface area contributed by atoms with Gasteiger partial charge in [0.15, 0.2) is 17.4 Å². The summed E-state index contributed by atoms with van der Waals surface area (Å²) in [6.07, 6.45) is 9.29. The van der Waals surface area contributed by atoms with E-state index >= 15 is 0 Å². The molecule has 9 heterocycles. The monoisotopic (exact) mass is 1160 g/mol. The number of hydrogen-bond acceptors (Lipinski definition) is 19. The summed E-state index contributed by atoms with van der Waals surface area (Å²) in [5.41, 5.74) is 14.0. The Bertz CT molecular complexity index is 3220. The first-order valence-electron chi connectivity index (χ1n) is 30.3. The van der Waals surface area contributed by atoms with Crippen LogP contribution in [0.15, 0.2) is 89.0 Å². The number of rotatable bonds is 17. The van der Waals surface area contributed by atoms with Crippen molar-refractivity contribution < 1.29 is 38.5 Å². The molecule has 21 heteroatoms. The number of piperidine rings is 3. The van der Waals surface area contributed by atoms with Gasteiger partial charge in [0.25, 0.3) is 0 Å². The molecule has 2 amide bonds. The first kappa shape index (κ1) is 57.5. The molecule has 0 unspecified atom stereocenters. The van der Waals surface area contributed by atoms with E-state index in [2.05, 4.69) is 62.4 Å². The third kappa shape index (κ3) is 12.7. The number of phenols is 1. The molecule has 5 aliphatic heterocycles. The number of pyridine rings is 1. The summed E-state index contributed by atoms with van der Waals surface area (Å²) in [5, 5.41) is 37.4. The molecule has 2 aromatic carbocycles. The number of morpholine rings is 1. The Morgan fingerprint density at radius 2 is 1.63 bits per heavy atom.